The molecular formula is C25H22N6O2S. The minimum absolute atomic E-state index is 0.315. The maximum atomic E-state index is 12.8. The standard InChI is InChI=1S/C25H22N6O2S/c32-34(33,30-14-1-2-15-30)21-8-6-19(7-9-21)23-11-12-24-27-28-25(31(24)29-23)17-18-5-10-22-20(16-18)4-3-13-26-22/h3-13,16H,1-2,14-15,17H2. The van der Waals surface area contributed by atoms with Gasteiger partial charge in [-0.1, -0.05) is 24.3 Å². The number of aromatic nitrogens is 5. The van der Waals surface area contributed by atoms with E-state index in [0.29, 0.717) is 30.1 Å². The zero-order chi connectivity index (χ0) is 23.1. The minimum atomic E-state index is -3.44. The van der Waals surface area contributed by atoms with Crippen LogP contribution in [-0.4, -0.2) is 50.6 Å². The Morgan fingerprint density at radius 1 is 0.882 bits per heavy atom. The van der Waals surface area contributed by atoms with Crippen molar-refractivity contribution in [1.29, 1.82) is 0 Å². The molecule has 0 amide bonds. The van der Waals surface area contributed by atoms with E-state index in [0.717, 1.165) is 46.4 Å². The van der Waals surface area contributed by atoms with Crippen molar-refractivity contribution in [3.63, 3.8) is 0 Å². The number of sulfonamides is 1. The lowest BCUT2D eigenvalue weighted by atomic mass is 10.1. The Kier molecular flexibility index (Phi) is 5.08. The van der Waals surface area contributed by atoms with Crippen LogP contribution in [0.1, 0.15) is 24.2 Å². The zero-order valence-electron chi connectivity index (χ0n) is 18.4. The highest BCUT2D eigenvalue weighted by Crippen LogP contribution is 2.24. The summed E-state index contributed by atoms with van der Waals surface area (Å²) in [4.78, 5) is 4.69. The summed E-state index contributed by atoms with van der Waals surface area (Å²) in [5, 5.41) is 14.4. The topological polar surface area (TPSA) is 93.3 Å². The third-order valence-electron chi connectivity index (χ3n) is 6.21. The van der Waals surface area contributed by atoms with E-state index in [9.17, 15) is 8.42 Å². The predicted molar refractivity (Wildman–Crippen MR) is 129 cm³/mol. The monoisotopic (exact) mass is 470 g/mol. The van der Waals surface area contributed by atoms with Crippen LogP contribution in [0.4, 0.5) is 0 Å². The molecule has 1 aliphatic heterocycles. The smallest absolute Gasteiger partial charge is 0.243 e. The molecule has 3 aromatic heterocycles. The van der Waals surface area contributed by atoms with Crippen molar-refractivity contribution in [2.24, 2.45) is 0 Å². The quantitative estimate of drug-likeness (QED) is 0.389. The van der Waals surface area contributed by atoms with Gasteiger partial charge in [-0.3, -0.25) is 4.98 Å². The Morgan fingerprint density at radius 3 is 2.53 bits per heavy atom. The molecule has 0 atom stereocenters. The fraction of sp³-hybridized carbons (Fsp3) is 0.200. The van der Waals surface area contributed by atoms with Gasteiger partial charge in [0, 0.05) is 36.7 Å². The fourth-order valence-electron chi connectivity index (χ4n) is 4.39. The molecule has 0 bridgehead atoms. The summed E-state index contributed by atoms with van der Waals surface area (Å²) < 4.78 is 28.9. The van der Waals surface area contributed by atoms with Crippen molar-refractivity contribution in [2.75, 3.05) is 13.1 Å². The highest BCUT2D eigenvalue weighted by molar-refractivity contribution is 7.89. The van der Waals surface area contributed by atoms with Gasteiger partial charge in [0.1, 0.15) is 0 Å². The molecule has 0 unspecified atom stereocenters. The summed E-state index contributed by atoms with van der Waals surface area (Å²) in [5.41, 5.74) is 4.26. The minimum Gasteiger partial charge on any atom is -0.256 e. The van der Waals surface area contributed by atoms with Gasteiger partial charge in [-0.05, 0) is 60.9 Å². The highest BCUT2D eigenvalue weighted by atomic mass is 32.2. The van der Waals surface area contributed by atoms with E-state index in [2.05, 4.69) is 21.2 Å². The van der Waals surface area contributed by atoms with E-state index < -0.39 is 10.0 Å². The summed E-state index contributed by atoms with van der Waals surface area (Å²) in [5.74, 6) is 0.730. The summed E-state index contributed by atoms with van der Waals surface area (Å²) in [6, 6.07) is 20.8. The largest absolute Gasteiger partial charge is 0.256 e. The van der Waals surface area contributed by atoms with Gasteiger partial charge in [-0.15, -0.1) is 10.2 Å². The summed E-state index contributed by atoms with van der Waals surface area (Å²) >= 11 is 0. The second-order valence-corrected chi connectivity index (χ2v) is 10.4. The van der Waals surface area contributed by atoms with Crippen LogP contribution in [0.5, 0.6) is 0 Å². The first-order valence-corrected chi connectivity index (χ1v) is 12.7. The molecule has 170 valence electrons. The normalized spacial score (nSPS) is 14.8. The average molecular weight is 471 g/mol. The lowest BCUT2D eigenvalue weighted by Crippen LogP contribution is -2.27. The van der Waals surface area contributed by atoms with Crippen molar-refractivity contribution in [2.45, 2.75) is 24.2 Å². The van der Waals surface area contributed by atoms with Gasteiger partial charge in [0.05, 0.1) is 16.1 Å². The molecule has 1 saturated heterocycles. The Hall–Kier alpha value is -3.69. The van der Waals surface area contributed by atoms with Crippen LogP contribution >= 0.6 is 0 Å². The van der Waals surface area contributed by atoms with E-state index in [4.69, 9.17) is 5.10 Å². The van der Waals surface area contributed by atoms with Crippen LogP contribution in [0.3, 0.4) is 0 Å². The molecule has 1 aliphatic rings. The molecule has 5 aromatic rings. The first-order chi connectivity index (χ1) is 16.6. The SMILES string of the molecule is O=S(=O)(c1ccc(-c2ccc3nnc(Cc4ccc5ncccc5c4)n3n2)cc1)N1CCCC1. The molecule has 0 aliphatic carbocycles. The van der Waals surface area contributed by atoms with E-state index in [1.54, 1.807) is 39.3 Å². The number of nitrogens with zero attached hydrogens (tertiary/aromatic N) is 6. The van der Waals surface area contributed by atoms with Crippen LogP contribution in [0.25, 0.3) is 27.8 Å². The average Bonchev–Trinajstić information content (AvgIpc) is 3.55. The molecule has 0 radical (unpaired) electrons. The molecule has 9 heteroatoms. The Bertz CT molecular complexity index is 1610. The van der Waals surface area contributed by atoms with Gasteiger partial charge < -0.3 is 0 Å². The van der Waals surface area contributed by atoms with E-state index >= 15 is 0 Å². The predicted octanol–water partition coefficient (Wildman–Crippen LogP) is 3.71. The van der Waals surface area contributed by atoms with E-state index in [1.165, 1.54) is 0 Å². The Balaban J connectivity index is 1.30. The van der Waals surface area contributed by atoms with Crippen molar-refractivity contribution in [1.82, 2.24) is 29.1 Å². The molecule has 34 heavy (non-hydrogen) atoms. The highest BCUT2D eigenvalue weighted by Gasteiger charge is 2.27. The van der Waals surface area contributed by atoms with Crippen molar-refractivity contribution in [3.05, 3.63) is 84.3 Å². The summed E-state index contributed by atoms with van der Waals surface area (Å²) in [6.07, 6.45) is 4.19. The van der Waals surface area contributed by atoms with Crippen molar-refractivity contribution >= 4 is 26.6 Å². The van der Waals surface area contributed by atoms with Crippen LogP contribution in [-0.2, 0) is 16.4 Å². The summed E-state index contributed by atoms with van der Waals surface area (Å²) in [6.45, 7) is 1.18. The van der Waals surface area contributed by atoms with E-state index in [1.807, 2.05) is 36.4 Å². The maximum absolute atomic E-state index is 12.8. The fourth-order valence-corrected chi connectivity index (χ4v) is 5.91. The third-order valence-corrected chi connectivity index (χ3v) is 8.12. The molecule has 8 nitrogen and oxygen atoms in total. The number of hydrogen-bond donors (Lipinski definition) is 0. The molecule has 0 spiro atoms. The van der Waals surface area contributed by atoms with Gasteiger partial charge in [0.25, 0.3) is 0 Å². The van der Waals surface area contributed by atoms with Gasteiger partial charge in [-0.2, -0.15) is 13.9 Å². The van der Waals surface area contributed by atoms with Crippen LogP contribution in [0, 0.1) is 0 Å². The number of pyridine rings is 1. The number of hydrogen-bond acceptors (Lipinski definition) is 6. The molecule has 6 rings (SSSR count). The second-order valence-electron chi connectivity index (χ2n) is 8.45. The molecule has 2 aromatic carbocycles. The van der Waals surface area contributed by atoms with Gasteiger partial charge in [-0.25, -0.2) is 8.42 Å². The van der Waals surface area contributed by atoms with Crippen LogP contribution < -0.4 is 0 Å². The molecule has 0 saturated carbocycles. The Morgan fingerprint density at radius 2 is 1.71 bits per heavy atom. The van der Waals surface area contributed by atoms with Gasteiger partial charge in [0.2, 0.25) is 10.0 Å². The van der Waals surface area contributed by atoms with Gasteiger partial charge >= 0.3 is 0 Å². The molecular weight excluding hydrogens is 448 g/mol. The lowest BCUT2D eigenvalue weighted by Gasteiger charge is -2.15. The number of rotatable bonds is 5. The first-order valence-electron chi connectivity index (χ1n) is 11.2. The maximum Gasteiger partial charge on any atom is 0.243 e. The number of benzene rings is 2. The molecule has 4 heterocycles. The Labute approximate surface area is 197 Å². The van der Waals surface area contributed by atoms with E-state index in [-0.39, 0.29) is 0 Å². The lowest BCUT2D eigenvalue weighted by molar-refractivity contribution is 0.477. The zero-order valence-corrected chi connectivity index (χ0v) is 19.2. The molecule has 0 N–H and O–H groups in total. The van der Waals surface area contributed by atoms with Crippen LogP contribution in [0.2, 0.25) is 0 Å². The van der Waals surface area contributed by atoms with Crippen molar-refractivity contribution in [3.8, 4) is 11.3 Å². The third kappa shape index (κ3) is 3.72. The first kappa shape index (κ1) is 20.9. The summed E-state index contributed by atoms with van der Waals surface area (Å²) in [7, 11) is -3.44. The van der Waals surface area contributed by atoms with Crippen molar-refractivity contribution < 1.29 is 8.42 Å². The van der Waals surface area contributed by atoms with Crippen LogP contribution in [0.15, 0.2) is 77.8 Å². The molecule has 1 fully saturated rings. The van der Waals surface area contributed by atoms with Gasteiger partial charge in [0.15, 0.2) is 11.5 Å². The second kappa shape index (κ2) is 8.27. The number of fused-ring (bicyclic) bond motifs is 2.